The summed E-state index contributed by atoms with van der Waals surface area (Å²) in [6.45, 7) is 12.5. The van der Waals surface area contributed by atoms with Gasteiger partial charge in [0.25, 0.3) is 0 Å². The molecule has 0 aromatic carbocycles. The molecule has 0 saturated carbocycles. The van der Waals surface area contributed by atoms with Gasteiger partial charge in [-0.1, -0.05) is 13.8 Å². The maximum Gasteiger partial charge on any atom is 0.224 e. The number of nitrogens with one attached hydrogen (secondary N) is 2. The summed E-state index contributed by atoms with van der Waals surface area (Å²) in [5, 5.41) is 11.2. The molecule has 0 bridgehead atoms. The van der Waals surface area contributed by atoms with E-state index in [1.54, 1.807) is 0 Å². The highest BCUT2D eigenvalue weighted by atomic mass is 35.5. The van der Waals surface area contributed by atoms with Crippen molar-refractivity contribution in [3.05, 3.63) is 17.0 Å². The fraction of sp³-hybridized carbons (Fsp3) is 0.765. The van der Waals surface area contributed by atoms with E-state index >= 15 is 0 Å². The lowest BCUT2D eigenvalue weighted by Gasteiger charge is -2.28. The molecule has 6 heteroatoms. The first-order valence-corrected chi connectivity index (χ1v) is 8.42. The van der Waals surface area contributed by atoms with E-state index in [1.807, 2.05) is 11.6 Å². The first-order chi connectivity index (χ1) is 10.4. The van der Waals surface area contributed by atoms with Gasteiger partial charge < -0.3 is 10.6 Å². The normalized spacial score (nSPS) is 21.1. The zero-order valence-corrected chi connectivity index (χ0v) is 15.8. The van der Waals surface area contributed by atoms with Gasteiger partial charge in [0, 0.05) is 29.9 Å². The molecule has 2 atom stereocenters. The SMILES string of the molecule is Cc1nn(CC(C)C)c(C)c1CC(=O)NC1CCNC(C)C1.Cl. The second-order valence-electron chi connectivity index (χ2n) is 7.05. The summed E-state index contributed by atoms with van der Waals surface area (Å²) in [6.07, 6.45) is 2.46. The van der Waals surface area contributed by atoms with Crippen LogP contribution in [0.4, 0.5) is 0 Å². The molecule has 1 aliphatic heterocycles. The Morgan fingerprint density at radius 3 is 2.74 bits per heavy atom. The summed E-state index contributed by atoms with van der Waals surface area (Å²) >= 11 is 0. The molecule has 2 unspecified atom stereocenters. The highest BCUT2D eigenvalue weighted by Crippen LogP contribution is 2.16. The molecule has 2 N–H and O–H groups in total. The van der Waals surface area contributed by atoms with E-state index in [-0.39, 0.29) is 18.3 Å². The van der Waals surface area contributed by atoms with Crippen molar-refractivity contribution in [1.82, 2.24) is 20.4 Å². The highest BCUT2D eigenvalue weighted by molar-refractivity contribution is 5.85. The van der Waals surface area contributed by atoms with Gasteiger partial charge in [0.1, 0.15) is 0 Å². The number of carbonyl (C=O) groups is 1. The smallest absolute Gasteiger partial charge is 0.224 e. The molecule has 1 fully saturated rings. The van der Waals surface area contributed by atoms with Gasteiger partial charge in [0.05, 0.1) is 12.1 Å². The fourth-order valence-electron chi connectivity index (χ4n) is 3.22. The van der Waals surface area contributed by atoms with E-state index < -0.39 is 0 Å². The number of amides is 1. The van der Waals surface area contributed by atoms with Gasteiger partial charge in [-0.25, -0.2) is 0 Å². The second kappa shape index (κ2) is 8.69. The van der Waals surface area contributed by atoms with Crippen molar-refractivity contribution < 1.29 is 4.79 Å². The summed E-state index contributed by atoms with van der Waals surface area (Å²) in [5.41, 5.74) is 3.19. The monoisotopic (exact) mass is 342 g/mol. The first kappa shape index (κ1) is 20.0. The quantitative estimate of drug-likeness (QED) is 0.863. The molecular formula is C17H31ClN4O. The molecule has 0 aliphatic carbocycles. The lowest BCUT2D eigenvalue weighted by Crippen LogP contribution is -2.47. The number of piperidine rings is 1. The Balaban J connectivity index is 0.00000264. The van der Waals surface area contributed by atoms with Crippen molar-refractivity contribution in [2.75, 3.05) is 6.54 Å². The number of carbonyl (C=O) groups excluding carboxylic acids is 1. The van der Waals surface area contributed by atoms with Gasteiger partial charge >= 0.3 is 0 Å². The number of hydrogen-bond acceptors (Lipinski definition) is 3. The Labute approximate surface area is 146 Å². The fourth-order valence-corrected chi connectivity index (χ4v) is 3.22. The van der Waals surface area contributed by atoms with Crippen molar-refractivity contribution in [2.24, 2.45) is 5.92 Å². The minimum Gasteiger partial charge on any atom is -0.353 e. The summed E-state index contributed by atoms with van der Waals surface area (Å²) < 4.78 is 2.04. The van der Waals surface area contributed by atoms with Crippen LogP contribution in [-0.2, 0) is 17.8 Å². The van der Waals surface area contributed by atoms with Crippen molar-refractivity contribution in [3.8, 4) is 0 Å². The van der Waals surface area contributed by atoms with Crippen LogP contribution in [0.15, 0.2) is 0 Å². The van der Waals surface area contributed by atoms with Crippen LogP contribution in [-0.4, -0.2) is 34.3 Å². The third-order valence-electron chi connectivity index (χ3n) is 4.40. The van der Waals surface area contributed by atoms with Crippen molar-refractivity contribution in [1.29, 1.82) is 0 Å². The van der Waals surface area contributed by atoms with E-state index in [2.05, 4.69) is 43.4 Å². The van der Waals surface area contributed by atoms with E-state index in [1.165, 1.54) is 0 Å². The second-order valence-corrected chi connectivity index (χ2v) is 7.05. The van der Waals surface area contributed by atoms with Crippen LogP contribution >= 0.6 is 12.4 Å². The topological polar surface area (TPSA) is 59.0 Å². The van der Waals surface area contributed by atoms with Gasteiger partial charge in [0.2, 0.25) is 5.91 Å². The summed E-state index contributed by atoms with van der Waals surface area (Å²) in [4.78, 5) is 12.4. The minimum absolute atomic E-state index is 0. The maximum absolute atomic E-state index is 12.4. The molecule has 132 valence electrons. The number of aryl methyl sites for hydroxylation is 1. The Morgan fingerprint density at radius 2 is 2.13 bits per heavy atom. The number of nitrogens with zero attached hydrogens (tertiary/aromatic N) is 2. The summed E-state index contributed by atoms with van der Waals surface area (Å²) in [5.74, 6) is 0.672. The molecular weight excluding hydrogens is 312 g/mol. The predicted octanol–water partition coefficient (Wildman–Crippen LogP) is 2.38. The van der Waals surface area contributed by atoms with Crippen LogP contribution in [0.1, 0.15) is 50.6 Å². The molecule has 0 spiro atoms. The number of halogens is 1. The van der Waals surface area contributed by atoms with Crippen molar-refractivity contribution >= 4 is 18.3 Å². The van der Waals surface area contributed by atoms with Crippen LogP contribution in [0.3, 0.4) is 0 Å². The molecule has 1 aromatic rings. The molecule has 1 aromatic heterocycles. The Morgan fingerprint density at radius 1 is 1.43 bits per heavy atom. The average molecular weight is 343 g/mol. The minimum atomic E-state index is 0. The Kier molecular flexibility index (Phi) is 7.55. The van der Waals surface area contributed by atoms with Crippen LogP contribution in [0, 0.1) is 19.8 Å². The van der Waals surface area contributed by atoms with E-state index in [4.69, 9.17) is 0 Å². The number of aromatic nitrogens is 2. The van der Waals surface area contributed by atoms with Crippen LogP contribution in [0.5, 0.6) is 0 Å². The number of rotatable bonds is 5. The van der Waals surface area contributed by atoms with Gasteiger partial charge in [-0.2, -0.15) is 5.10 Å². The van der Waals surface area contributed by atoms with Crippen molar-refractivity contribution in [3.63, 3.8) is 0 Å². The van der Waals surface area contributed by atoms with Crippen molar-refractivity contribution in [2.45, 2.75) is 72.5 Å². The number of hydrogen-bond donors (Lipinski definition) is 2. The maximum atomic E-state index is 12.4. The lowest BCUT2D eigenvalue weighted by molar-refractivity contribution is -0.121. The molecule has 1 saturated heterocycles. The molecule has 1 amide bonds. The lowest BCUT2D eigenvalue weighted by atomic mass is 10.00. The van der Waals surface area contributed by atoms with Gasteiger partial charge in [-0.3, -0.25) is 9.48 Å². The standard InChI is InChI=1S/C17H30N4O.ClH/c1-11(2)10-21-14(5)16(13(4)20-21)9-17(22)19-15-6-7-18-12(3)8-15;/h11-12,15,18H,6-10H2,1-5H3,(H,19,22);1H. The predicted molar refractivity (Wildman–Crippen MR) is 96.1 cm³/mol. The Bertz CT molecular complexity index is 527. The molecule has 2 rings (SSSR count). The zero-order chi connectivity index (χ0) is 16.3. The van der Waals surface area contributed by atoms with E-state index in [0.717, 1.165) is 42.9 Å². The molecule has 5 nitrogen and oxygen atoms in total. The molecule has 23 heavy (non-hydrogen) atoms. The van der Waals surface area contributed by atoms with Gasteiger partial charge in [-0.05, 0) is 46.1 Å². The zero-order valence-electron chi connectivity index (χ0n) is 15.0. The van der Waals surface area contributed by atoms with E-state index in [9.17, 15) is 4.79 Å². The van der Waals surface area contributed by atoms with Gasteiger partial charge in [-0.15, -0.1) is 12.4 Å². The third-order valence-corrected chi connectivity index (χ3v) is 4.40. The molecule has 1 aliphatic rings. The third kappa shape index (κ3) is 5.50. The summed E-state index contributed by atoms with van der Waals surface area (Å²) in [7, 11) is 0. The van der Waals surface area contributed by atoms with Crippen LogP contribution in [0.2, 0.25) is 0 Å². The van der Waals surface area contributed by atoms with Crippen LogP contribution in [0.25, 0.3) is 0 Å². The average Bonchev–Trinajstić information content (AvgIpc) is 2.66. The molecule has 0 radical (unpaired) electrons. The summed E-state index contributed by atoms with van der Waals surface area (Å²) in [6, 6.07) is 0.784. The molecule has 2 heterocycles. The Hall–Kier alpha value is -1.07. The highest BCUT2D eigenvalue weighted by Gasteiger charge is 2.21. The largest absolute Gasteiger partial charge is 0.353 e. The van der Waals surface area contributed by atoms with E-state index in [0.29, 0.717) is 24.4 Å². The van der Waals surface area contributed by atoms with Crippen LogP contribution < -0.4 is 10.6 Å². The van der Waals surface area contributed by atoms with Gasteiger partial charge in [0.15, 0.2) is 0 Å². The first-order valence-electron chi connectivity index (χ1n) is 8.42.